The van der Waals surface area contributed by atoms with E-state index in [1.165, 1.54) is 25.1 Å². The molecule has 1 heterocycles. The predicted octanol–water partition coefficient (Wildman–Crippen LogP) is 5.61. The molecule has 9 heteroatoms. The molecule has 0 aliphatic rings. The van der Waals surface area contributed by atoms with E-state index >= 15 is 0 Å². The Bertz CT molecular complexity index is 1050. The minimum Gasteiger partial charge on any atom is -0.477 e. The quantitative estimate of drug-likeness (QED) is 0.607. The van der Waals surface area contributed by atoms with Crippen molar-refractivity contribution < 1.29 is 27.8 Å². The van der Waals surface area contributed by atoms with Gasteiger partial charge in [-0.2, -0.15) is 18.2 Å². The number of carboxylic acid groups (broad SMARTS) is 1. The summed E-state index contributed by atoms with van der Waals surface area (Å²) in [6.07, 6.45) is -3.56. The van der Waals surface area contributed by atoms with Gasteiger partial charge in [-0.05, 0) is 42.8 Å². The Morgan fingerprint density at radius 3 is 2.54 bits per heavy atom. The molecule has 3 aromatic rings. The van der Waals surface area contributed by atoms with E-state index in [2.05, 4.69) is 9.97 Å². The van der Waals surface area contributed by atoms with Gasteiger partial charge in [-0.1, -0.05) is 23.7 Å². The number of aromatic carboxylic acids is 1. The van der Waals surface area contributed by atoms with Crippen LogP contribution < -0.4 is 4.74 Å². The van der Waals surface area contributed by atoms with Gasteiger partial charge in [0.1, 0.15) is 11.3 Å². The average Bonchev–Trinajstić information content (AvgIpc) is 2.62. The maximum atomic E-state index is 13.1. The van der Waals surface area contributed by atoms with Gasteiger partial charge in [0.15, 0.2) is 5.82 Å². The van der Waals surface area contributed by atoms with Crippen molar-refractivity contribution in [2.45, 2.75) is 13.1 Å². The molecule has 0 unspecified atom stereocenters. The van der Waals surface area contributed by atoms with Crippen LogP contribution in [-0.4, -0.2) is 21.0 Å². The molecular formula is C19H12ClF3N2O3. The van der Waals surface area contributed by atoms with Crippen LogP contribution in [0.4, 0.5) is 13.2 Å². The Morgan fingerprint density at radius 1 is 1.18 bits per heavy atom. The van der Waals surface area contributed by atoms with Crippen LogP contribution in [0.15, 0.2) is 48.7 Å². The van der Waals surface area contributed by atoms with Gasteiger partial charge in [0.05, 0.1) is 10.6 Å². The van der Waals surface area contributed by atoms with E-state index in [9.17, 15) is 23.1 Å². The van der Waals surface area contributed by atoms with E-state index in [0.717, 1.165) is 18.3 Å². The number of hydrogen-bond acceptors (Lipinski definition) is 4. The second kappa shape index (κ2) is 7.47. The summed E-state index contributed by atoms with van der Waals surface area (Å²) >= 11 is 6.01. The molecule has 0 spiro atoms. The van der Waals surface area contributed by atoms with Crippen molar-refractivity contribution >= 4 is 17.6 Å². The number of carboxylic acids is 1. The maximum Gasteiger partial charge on any atom is 0.416 e. The molecule has 0 fully saturated rings. The van der Waals surface area contributed by atoms with E-state index in [0.29, 0.717) is 5.56 Å². The maximum absolute atomic E-state index is 13.1. The molecule has 1 aromatic heterocycles. The van der Waals surface area contributed by atoms with Gasteiger partial charge in [0, 0.05) is 11.8 Å². The van der Waals surface area contributed by atoms with Crippen LogP contribution >= 0.6 is 11.6 Å². The molecule has 0 saturated carbocycles. The number of aromatic nitrogens is 2. The summed E-state index contributed by atoms with van der Waals surface area (Å²) in [7, 11) is 0. The van der Waals surface area contributed by atoms with E-state index in [-0.39, 0.29) is 33.6 Å². The SMILES string of the molecule is Cc1cc(-c2ncc(C(=O)O)c(Oc3ccccc3Cl)n2)cc(C(F)(F)F)c1. The van der Waals surface area contributed by atoms with Gasteiger partial charge in [0.25, 0.3) is 0 Å². The summed E-state index contributed by atoms with van der Waals surface area (Å²) in [6.45, 7) is 1.51. The van der Waals surface area contributed by atoms with Crippen LogP contribution in [0.25, 0.3) is 11.4 Å². The largest absolute Gasteiger partial charge is 0.477 e. The Balaban J connectivity index is 2.11. The monoisotopic (exact) mass is 408 g/mol. The Morgan fingerprint density at radius 2 is 1.89 bits per heavy atom. The molecule has 0 bridgehead atoms. The summed E-state index contributed by atoms with van der Waals surface area (Å²) in [5, 5.41) is 9.54. The van der Waals surface area contributed by atoms with Gasteiger partial charge in [0.2, 0.25) is 5.88 Å². The average molecular weight is 409 g/mol. The first-order valence-corrected chi connectivity index (χ1v) is 8.25. The van der Waals surface area contributed by atoms with Crippen LogP contribution in [0.1, 0.15) is 21.5 Å². The Kier molecular flexibility index (Phi) is 5.24. The second-order valence-corrected chi connectivity index (χ2v) is 6.24. The van der Waals surface area contributed by atoms with Crippen LogP contribution in [0.3, 0.4) is 0 Å². The van der Waals surface area contributed by atoms with Crippen molar-refractivity contribution in [1.29, 1.82) is 0 Å². The number of aryl methyl sites for hydroxylation is 1. The van der Waals surface area contributed by atoms with Gasteiger partial charge < -0.3 is 9.84 Å². The fourth-order valence-electron chi connectivity index (χ4n) is 2.44. The highest BCUT2D eigenvalue weighted by molar-refractivity contribution is 6.32. The number of nitrogens with zero attached hydrogens (tertiary/aromatic N) is 2. The minimum absolute atomic E-state index is 0.0771. The highest BCUT2D eigenvalue weighted by Crippen LogP contribution is 2.34. The Labute approximate surface area is 162 Å². The lowest BCUT2D eigenvalue weighted by Crippen LogP contribution is -2.07. The first kappa shape index (κ1) is 19.6. The molecule has 1 N–H and O–H groups in total. The number of para-hydroxylation sites is 1. The zero-order valence-electron chi connectivity index (χ0n) is 14.3. The lowest BCUT2D eigenvalue weighted by Gasteiger charge is -2.12. The lowest BCUT2D eigenvalue weighted by molar-refractivity contribution is -0.137. The van der Waals surface area contributed by atoms with Crippen molar-refractivity contribution in [3.63, 3.8) is 0 Å². The summed E-state index contributed by atoms with van der Waals surface area (Å²) < 4.78 is 44.8. The van der Waals surface area contributed by atoms with Gasteiger partial charge in [-0.25, -0.2) is 9.78 Å². The number of alkyl halides is 3. The molecule has 144 valence electrons. The Hall–Kier alpha value is -3.13. The summed E-state index contributed by atoms with van der Waals surface area (Å²) in [6, 6.07) is 9.67. The lowest BCUT2D eigenvalue weighted by atomic mass is 10.1. The predicted molar refractivity (Wildman–Crippen MR) is 95.7 cm³/mol. The van der Waals surface area contributed by atoms with Gasteiger partial charge in [-0.3, -0.25) is 0 Å². The van der Waals surface area contributed by atoms with Crippen LogP contribution in [0.2, 0.25) is 5.02 Å². The number of carbonyl (C=O) groups is 1. The van der Waals surface area contributed by atoms with E-state index < -0.39 is 17.7 Å². The van der Waals surface area contributed by atoms with Crippen LogP contribution in [-0.2, 0) is 6.18 Å². The van der Waals surface area contributed by atoms with Gasteiger partial charge >= 0.3 is 12.1 Å². The van der Waals surface area contributed by atoms with Crippen LogP contribution in [0, 0.1) is 6.92 Å². The standard InChI is InChI=1S/C19H12ClF3N2O3/c1-10-6-11(8-12(7-10)19(21,22)23)16-24-9-13(18(26)27)17(25-16)28-15-5-3-2-4-14(15)20/h2-9H,1H3,(H,26,27). The van der Waals surface area contributed by atoms with Gasteiger partial charge in [-0.15, -0.1) is 0 Å². The molecule has 3 rings (SSSR count). The third kappa shape index (κ3) is 4.23. The number of rotatable bonds is 4. The first-order chi connectivity index (χ1) is 13.1. The smallest absolute Gasteiger partial charge is 0.416 e. The summed E-state index contributed by atoms with van der Waals surface area (Å²) in [4.78, 5) is 19.4. The third-order valence-corrected chi connectivity index (χ3v) is 4.00. The van der Waals surface area contributed by atoms with Crippen LogP contribution in [0.5, 0.6) is 11.6 Å². The highest BCUT2D eigenvalue weighted by atomic mass is 35.5. The molecule has 0 atom stereocenters. The molecule has 5 nitrogen and oxygen atoms in total. The zero-order chi connectivity index (χ0) is 20.5. The van der Waals surface area contributed by atoms with E-state index in [1.54, 1.807) is 12.1 Å². The molecule has 0 aliphatic heterocycles. The van der Waals surface area contributed by atoms with Crippen molar-refractivity contribution in [3.8, 4) is 23.0 Å². The van der Waals surface area contributed by atoms with E-state index in [1.807, 2.05) is 0 Å². The number of hydrogen-bond donors (Lipinski definition) is 1. The third-order valence-electron chi connectivity index (χ3n) is 3.69. The van der Waals surface area contributed by atoms with Crippen molar-refractivity contribution in [1.82, 2.24) is 9.97 Å². The highest BCUT2D eigenvalue weighted by Gasteiger charge is 2.31. The topological polar surface area (TPSA) is 72.3 Å². The molecule has 0 aliphatic carbocycles. The fourth-order valence-corrected chi connectivity index (χ4v) is 2.61. The fraction of sp³-hybridized carbons (Fsp3) is 0.105. The number of halogens is 4. The molecule has 28 heavy (non-hydrogen) atoms. The molecular weight excluding hydrogens is 397 g/mol. The number of ether oxygens (including phenoxy) is 1. The van der Waals surface area contributed by atoms with Crippen molar-refractivity contribution in [2.75, 3.05) is 0 Å². The molecule has 0 amide bonds. The van der Waals surface area contributed by atoms with E-state index in [4.69, 9.17) is 16.3 Å². The summed E-state index contributed by atoms with van der Waals surface area (Å²) in [5.74, 6) is -1.65. The molecule has 0 saturated heterocycles. The second-order valence-electron chi connectivity index (χ2n) is 5.84. The normalized spacial score (nSPS) is 11.3. The number of benzene rings is 2. The molecule has 2 aromatic carbocycles. The first-order valence-electron chi connectivity index (χ1n) is 7.87. The van der Waals surface area contributed by atoms with Crippen molar-refractivity contribution in [2.24, 2.45) is 0 Å². The zero-order valence-corrected chi connectivity index (χ0v) is 15.0. The molecule has 0 radical (unpaired) electrons. The van der Waals surface area contributed by atoms with Crippen molar-refractivity contribution in [3.05, 3.63) is 70.4 Å². The summed E-state index contributed by atoms with van der Waals surface area (Å²) in [5.41, 5.74) is -0.785. The minimum atomic E-state index is -4.54.